The van der Waals surface area contributed by atoms with E-state index in [1.807, 2.05) is 36.1 Å². The van der Waals surface area contributed by atoms with E-state index >= 15 is 0 Å². The van der Waals surface area contributed by atoms with Crippen LogP contribution in [-0.2, 0) is 11.2 Å². The first-order valence-corrected chi connectivity index (χ1v) is 7.45. The van der Waals surface area contributed by atoms with Gasteiger partial charge in [0.2, 0.25) is 0 Å². The molecule has 0 spiro atoms. The van der Waals surface area contributed by atoms with Crippen molar-refractivity contribution in [3.8, 4) is 0 Å². The monoisotopic (exact) mass is 290 g/mol. The molecule has 5 nitrogen and oxygen atoms in total. The van der Waals surface area contributed by atoms with E-state index in [1.165, 1.54) is 12.8 Å². The van der Waals surface area contributed by atoms with Gasteiger partial charge in [-0.2, -0.15) is 0 Å². The Kier molecular flexibility index (Phi) is 5.20. The molecule has 1 fully saturated rings. The highest BCUT2D eigenvalue weighted by molar-refractivity contribution is 5.89. The van der Waals surface area contributed by atoms with Crippen LogP contribution < -0.4 is 5.32 Å². The van der Waals surface area contributed by atoms with Crippen molar-refractivity contribution in [2.24, 2.45) is 5.92 Å². The second kappa shape index (κ2) is 7.11. The number of carboxylic acids is 1. The molecule has 0 atom stereocenters. The molecule has 1 aliphatic rings. The lowest BCUT2D eigenvalue weighted by molar-refractivity contribution is -0.136. The number of amides is 2. The van der Waals surface area contributed by atoms with E-state index in [0.29, 0.717) is 18.9 Å². The van der Waals surface area contributed by atoms with E-state index in [9.17, 15) is 9.59 Å². The molecule has 1 aromatic carbocycles. The average molecular weight is 290 g/mol. The van der Waals surface area contributed by atoms with E-state index in [4.69, 9.17) is 5.11 Å². The van der Waals surface area contributed by atoms with Crippen LogP contribution in [0.4, 0.5) is 10.5 Å². The van der Waals surface area contributed by atoms with Crippen molar-refractivity contribution in [2.75, 3.05) is 18.4 Å². The van der Waals surface area contributed by atoms with Gasteiger partial charge in [-0.15, -0.1) is 0 Å². The number of carboxylic acid groups (broad SMARTS) is 1. The van der Waals surface area contributed by atoms with Gasteiger partial charge >= 0.3 is 12.0 Å². The number of nitrogens with one attached hydrogen (secondary N) is 1. The molecule has 0 aromatic heterocycles. The number of carbonyl (C=O) groups is 2. The Morgan fingerprint density at radius 2 is 2.14 bits per heavy atom. The van der Waals surface area contributed by atoms with Gasteiger partial charge in [0, 0.05) is 25.2 Å². The molecule has 0 aliphatic heterocycles. The molecule has 2 N–H and O–H groups in total. The molecule has 2 amide bonds. The molecule has 114 valence electrons. The fourth-order valence-electron chi connectivity index (χ4n) is 2.23. The smallest absolute Gasteiger partial charge is 0.321 e. The minimum Gasteiger partial charge on any atom is -0.481 e. The van der Waals surface area contributed by atoms with Crippen molar-refractivity contribution >= 4 is 17.7 Å². The molecule has 1 aliphatic carbocycles. The minimum absolute atomic E-state index is 0.0835. The molecule has 0 radical (unpaired) electrons. The zero-order chi connectivity index (χ0) is 15.2. The summed E-state index contributed by atoms with van der Waals surface area (Å²) in [6.07, 6.45) is 3.00. The third-order valence-corrected chi connectivity index (χ3v) is 3.65. The van der Waals surface area contributed by atoms with Gasteiger partial charge < -0.3 is 15.3 Å². The summed E-state index contributed by atoms with van der Waals surface area (Å²) in [7, 11) is 0. The molecule has 1 aromatic rings. The van der Waals surface area contributed by atoms with Crippen LogP contribution in [0.2, 0.25) is 0 Å². The third-order valence-electron chi connectivity index (χ3n) is 3.65. The molecule has 21 heavy (non-hydrogen) atoms. The van der Waals surface area contributed by atoms with Gasteiger partial charge in [-0.25, -0.2) is 4.79 Å². The first kappa shape index (κ1) is 15.4. The Bertz CT molecular complexity index is 512. The summed E-state index contributed by atoms with van der Waals surface area (Å²) in [5.41, 5.74) is 1.64. The molecule has 0 saturated heterocycles. The second-order valence-electron chi connectivity index (χ2n) is 5.51. The molecular weight excluding hydrogens is 268 g/mol. The highest BCUT2D eigenvalue weighted by Gasteiger charge is 2.25. The number of aliphatic carboxylic acids is 1. The number of nitrogens with zero attached hydrogens (tertiary/aromatic N) is 1. The van der Waals surface area contributed by atoms with Crippen molar-refractivity contribution in [1.29, 1.82) is 0 Å². The van der Waals surface area contributed by atoms with Gasteiger partial charge in [-0.05, 0) is 49.8 Å². The summed E-state index contributed by atoms with van der Waals surface area (Å²) < 4.78 is 0. The van der Waals surface area contributed by atoms with Crippen LogP contribution in [0, 0.1) is 5.92 Å². The number of urea groups is 1. The van der Waals surface area contributed by atoms with Crippen molar-refractivity contribution < 1.29 is 14.7 Å². The normalized spacial score (nSPS) is 13.8. The molecule has 0 bridgehead atoms. The third kappa shape index (κ3) is 5.10. The zero-order valence-electron chi connectivity index (χ0n) is 12.3. The first-order chi connectivity index (χ1) is 10.1. The topological polar surface area (TPSA) is 69.6 Å². The van der Waals surface area contributed by atoms with E-state index in [0.717, 1.165) is 17.8 Å². The summed E-state index contributed by atoms with van der Waals surface area (Å²) >= 11 is 0. The SMILES string of the molecule is CCN(CC1CC1)C(=O)Nc1cccc(CCC(=O)O)c1. The highest BCUT2D eigenvalue weighted by atomic mass is 16.4. The largest absolute Gasteiger partial charge is 0.481 e. The Labute approximate surface area is 125 Å². The van der Waals surface area contributed by atoms with Crippen LogP contribution in [0.1, 0.15) is 31.7 Å². The predicted molar refractivity (Wildman–Crippen MR) is 81.4 cm³/mol. The molecular formula is C16H22N2O3. The minimum atomic E-state index is -0.814. The lowest BCUT2D eigenvalue weighted by Gasteiger charge is -2.21. The number of anilines is 1. The summed E-state index contributed by atoms with van der Waals surface area (Å²) in [5, 5.41) is 11.6. The average Bonchev–Trinajstić information content (AvgIpc) is 3.27. The number of benzene rings is 1. The Hall–Kier alpha value is -2.04. The van der Waals surface area contributed by atoms with Crippen molar-refractivity contribution in [1.82, 2.24) is 4.90 Å². The standard InChI is InChI=1S/C16H22N2O3/c1-2-18(11-13-6-7-13)16(21)17-14-5-3-4-12(10-14)8-9-15(19)20/h3-5,10,13H,2,6-9,11H2,1H3,(H,17,21)(H,19,20). The number of hydrogen-bond donors (Lipinski definition) is 2. The van der Waals surface area contributed by atoms with E-state index in [2.05, 4.69) is 5.32 Å². The van der Waals surface area contributed by atoms with Crippen LogP contribution in [0.15, 0.2) is 24.3 Å². The number of carbonyl (C=O) groups excluding carboxylic acids is 1. The van der Waals surface area contributed by atoms with Gasteiger partial charge in [-0.3, -0.25) is 4.79 Å². The lowest BCUT2D eigenvalue weighted by atomic mass is 10.1. The van der Waals surface area contributed by atoms with Gasteiger partial charge in [0.1, 0.15) is 0 Å². The van der Waals surface area contributed by atoms with E-state index in [1.54, 1.807) is 0 Å². The van der Waals surface area contributed by atoms with Crippen LogP contribution in [0.5, 0.6) is 0 Å². The Morgan fingerprint density at radius 1 is 1.38 bits per heavy atom. The maximum absolute atomic E-state index is 12.2. The van der Waals surface area contributed by atoms with E-state index < -0.39 is 5.97 Å². The van der Waals surface area contributed by atoms with Gasteiger partial charge in [0.05, 0.1) is 0 Å². The fourth-order valence-corrected chi connectivity index (χ4v) is 2.23. The molecule has 0 heterocycles. The summed E-state index contributed by atoms with van der Waals surface area (Å²) in [4.78, 5) is 24.6. The second-order valence-corrected chi connectivity index (χ2v) is 5.51. The van der Waals surface area contributed by atoms with Crippen LogP contribution in [0.25, 0.3) is 0 Å². The van der Waals surface area contributed by atoms with Crippen molar-refractivity contribution in [3.05, 3.63) is 29.8 Å². The fraction of sp³-hybridized carbons (Fsp3) is 0.500. The Morgan fingerprint density at radius 3 is 2.76 bits per heavy atom. The Balaban J connectivity index is 1.92. The summed E-state index contributed by atoms with van der Waals surface area (Å²) in [6.45, 7) is 3.49. The maximum atomic E-state index is 12.2. The number of rotatable bonds is 7. The predicted octanol–water partition coefficient (Wildman–Crippen LogP) is 2.97. The van der Waals surface area contributed by atoms with Gasteiger partial charge in [0.25, 0.3) is 0 Å². The zero-order valence-corrected chi connectivity index (χ0v) is 12.3. The summed E-state index contributed by atoms with van der Waals surface area (Å²) in [6, 6.07) is 7.29. The molecule has 1 saturated carbocycles. The van der Waals surface area contributed by atoms with Crippen LogP contribution in [0.3, 0.4) is 0 Å². The van der Waals surface area contributed by atoms with Crippen LogP contribution >= 0.6 is 0 Å². The number of aryl methyl sites for hydroxylation is 1. The summed E-state index contributed by atoms with van der Waals surface area (Å²) in [5.74, 6) is -0.149. The van der Waals surface area contributed by atoms with Gasteiger partial charge in [-0.1, -0.05) is 12.1 Å². The van der Waals surface area contributed by atoms with Crippen LogP contribution in [-0.4, -0.2) is 35.1 Å². The maximum Gasteiger partial charge on any atom is 0.321 e. The van der Waals surface area contributed by atoms with E-state index in [-0.39, 0.29) is 12.5 Å². The highest BCUT2D eigenvalue weighted by Crippen LogP contribution is 2.29. The number of hydrogen-bond acceptors (Lipinski definition) is 2. The quantitative estimate of drug-likeness (QED) is 0.811. The first-order valence-electron chi connectivity index (χ1n) is 7.45. The van der Waals surface area contributed by atoms with Crippen molar-refractivity contribution in [2.45, 2.75) is 32.6 Å². The molecule has 0 unspecified atom stereocenters. The lowest BCUT2D eigenvalue weighted by Crippen LogP contribution is -2.36. The molecule has 2 rings (SSSR count). The van der Waals surface area contributed by atoms with Crippen molar-refractivity contribution in [3.63, 3.8) is 0 Å². The van der Waals surface area contributed by atoms with Gasteiger partial charge in [0.15, 0.2) is 0 Å². The molecule has 5 heteroatoms.